The minimum Gasteiger partial charge on any atom is -0.478 e. The van der Waals surface area contributed by atoms with E-state index in [1.807, 2.05) is 0 Å². The molecular weight excluding hydrogens is 270 g/mol. The van der Waals surface area contributed by atoms with E-state index < -0.39 is 5.97 Å². The molecule has 0 spiro atoms. The van der Waals surface area contributed by atoms with Gasteiger partial charge in [0.25, 0.3) is 5.91 Å². The molecule has 0 aliphatic carbocycles. The number of amides is 1. The summed E-state index contributed by atoms with van der Waals surface area (Å²) in [5.41, 5.74) is 1.63. The second-order valence-corrected chi connectivity index (χ2v) is 5.55. The van der Waals surface area contributed by atoms with Crippen molar-refractivity contribution in [3.63, 3.8) is 0 Å². The molecule has 1 unspecified atom stereocenters. The SMILES string of the molecule is Cc1ccc(C)c(C(=O)NCC2CCCOC2)c1C(=O)O. The first kappa shape index (κ1) is 15.5. The Labute approximate surface area is 124 Å². The van der Waals surface area contributed by atoms with Gasteiger partial charge in [0.2, 0.25) is 0 Å². The van der Waals surface area contributed by atoms with E-state index in [9.17, 15) is 14.7 Å². The van der Waals surface area contributed by atoms with E-state index >= 15 is 0 Å². The molecule has 0 aromatic heterocycles. The predicted molar refractivity (Wildman–Crippen MR) is 78.8 cm³/mol. The molecule has 0 saturated carbocycles. The van der Waals surface area contributed by atoms with Crippen LogP contribution in [0.4, 0.5) is 0 Å². The number of carboxylic acid groups (broad SMARTS) is 1. The Hall–Kier alpha value is -1.88. The number of rotatable bonds is 4. The van der Waals surface area contributed by atoms with Crippen molar-refractivity contribution in [2.45, 2.75) is 26.7 Å². The van der Waals surface area contributed by atoms with Crippen LogP contribution in [-0.2, 0) is 4.74 Å². The van der Waals surface area contributed by atoms with E-state index in [2.05, 4.69) is 5.32 Å². The van der Waals surface area contributed by atoms with Crippen LogP contribution < -0.4 is 5.32 Å². The van der Waals surface area contributed by atoms with Gasteiger partial charge in [-0.15, -0.1) is 0 Å². The number of carbonyl (C=O) groups is 2. The van der Waals surface area contributed by atoms with Crippen molar-refractivity contribution in [2.24, 2.45) is 5.92 Å². The van der Waals surface area contributed by atoms with Crippen molar-refractivity contribution < 1.29 is 19.4 Å². The summed E-state index contributed by atoms with van der Waals surface area (Å²) in [6.07, 6.45) is 2.03. The molecule has 0 radical (unpaired) electrons. The molecule has 1 fully saturated rings. The maximum absolute atomic E-state index is 12.4. The van der Waals surface area contributed by atoms with Gasteiger partial charge in [0.1, 0.15) is 0 Å². The highest BCUT2D eigenvalue weighted by molar-refractivity contribution is 6.06. The molecule has 2 N–H and O–H groups in total. The maximum atomic E-state index is 12.4. The van der Waals surface area contributed by atoms with Crippen LogP contribution >= 0.6 is 0 Å². The Balaban J connectivity index is 2.14. The monoisotopic (exact) mass is 291 g/mol. The number of aryl methyl sites for hydroxylation is 2. The van der Waals surface area contributed by atoms with E-state index in [-0.39, 0.29) is 17.0 Å². The molecular formula is C16H21NO4. The fraction of sp³-hybridized carbons (Fsp3) is 0.500. The van der Waals surface area contributed by atoms with Crippen molar-refractivity contribution >= 4 is 11.9 Å². The minimum absolute atomic E-state index is 0.0902. The third-order valence-electron chi connectivity index (χ3n) is 3.87. The number of benzene rings is 1. The van der Waals surface area contributed by atoms with Crippen molar-refractivity contribution in [3.8, 4) is 0 Å². The van der Waals surface area contributed by atoms with Crippen LogP contribution in [0.1, 0.15) is 44.7 Å². The molecule has 1 atom stereocenters. The molecule has 1 heterocycles. The fourth-order valence-corrected chi connectivity index (χ4v) is 2.67. The Kier molecular flexibility index (Phi) is 4.96. The topological polar surface area (TPSA) is 75.6 Å². The van der Waals surface area contributed by atoms with Crippen molar-refractivity contribution in [3.05, 3.63) is 34.4 Å². The Morgan fingerprint density at radius 3 is 2.52 bits per heavy atom. The number of carboxylic acids is 1. The number of aromatic carboxylic acids is 1. The second kappa shape index (κ2) is 6.72. The van der Waals surface area contributed by atoms with Crippen LogP contribution in [0.15, 0.2) is 12.1 Å². The Morgan fingerprint density at radius 2 is 1.95 bits per heavy atom. The summed E-state index contributed by atoms with van der Waals surface area (Å²) in [6, 6.07) is 3.50. The maximum Gasteiger partial charge on any atom is 0.336 e. The predicted octanol–water partition coefficient (Wildman–Crippen LogP) is 2.16. The van der Waals surface area contributed by atoms with Crippen molar-refractivity contribution in [1.82, 2.24) is 5.32 Å². The molecule has 21 heavy (non-hydrogen) atoms. The van der Waals surface area contributed by atoms with Crippen LogP contribution in [0.5, 0.6) is 0 Å². The summed E-state index contributed by atoms with van der Waals surface area (Å²) in [4.78, 5) is 23.8. The first-order valence-electron chi connectivity index (χ1n) is 7.20. The van der Waals surface area contributed by atoms with Gasteiger partial charge in [0, 0.05) is 13.2 Å². The zero-order chi connectivity index (χ0) is 15.4. The average molecular weight is 291 g/mol. The number of hydrogen-bond acceptors (Lipinski definition) is 3. The van der Waals surface area contributed by atoms with Gasteiger partial charge in [-0.05, 0) is 43.7 Å². The summed E-state index contributed by atoms with van der Waals surface area (Å²) >= 11 is 0. The van der Waals surface area contributed by atoms with Gasteiger partial charge in [-0.25, -0.2) is 4.79 Å². The zero-order valence-corrected chi connectivity index (χ0v) is 12.4. The second-order valence-electron chi connectivity index (χ2n) is 5.55. The summed E-state index contributed by atoms with van der Waals surface area (Å²) in [5.74, 6) is -1.08. The summed E-state index contributed by atoms with van der Waals surface area (Å²) < 4.78 is 5.38. The van der Waals surface area contributed by atoms with Crippen LogP contribution in [0.25, 0.3) is 0 Å². The van der Waals surface area contributed by atoms with E-state index in [1.54, 1.807) is 26.0 Å². The molecule has 1 aliphatic rings. The van der Waals surface area contributed by atoms with Crippen LogP contribution in [-0.4, -0.2) is 36.7 Å². The van der Waals surface area contributed by atoms with Gasteiger partial charge in [-0.2, -0.15) is 0 Å². The lowest BCUT2D eigenvalue weighted by molar-refractivity contribution is 0.0535. The Bertz CT molecular complexity index is 547. The van der Waals surface area contributed by atoms with Gasteiger partial charge >= 0.3 is 5.97 Å². The lowest BCUT2D eigenvalue weighted by Crippen LogP contribution is -2.34. The van der Waals surface area contributed by atoms with Gasteiger partial charge in [-0.3, -0.25) is 4.79 Å². The number of ether oxygens (including phenoxy) is 1. The lowest BCUT2D eigenvalue weighted by atomic mass is 9.96. The third kappa shape index (κ3) is 3.61. The quantitative estimate of drug-likeness (QED) is 0.891. The molecule has 1 saturated heterocycles. The summed E-state index contributed by atoms with van der Waals surface area (Å²) in [7, 11) is 0. The van der Waals surface area contributed by atoms with Gasteiger partial charge in [0.15, 0.2) is 0 Å². The Morgan fingerprint density at radius 1 is 1.29 bits per heavy atom. The minimum atomic E-state index is -1.07. The largest absolute Gasteiger partial charge is 0.478 e. The highest BCUT2D eigenvalue weighted by atomic mass is 16.5. The van der Waals surface area contributed by atoms with Gasteiger partial charge in [0.05, 0.1) is 17.7 Å². The number of carbonyl (C=O) groups excluding carboxylic acids is 1. The highest BCUT2D eigenvalue weighted by Crippen LogP contribution is 2.19. The van der Waals surface area contributed by atoms with Gasteiger partial charge in [-0.1, -0.05) is 12.1 Å². The third-order valence-corrected chi connectivity index (χ3v) is 3.87. The van der Waals surface area contributed by atoms with Crippen LogP contribution in [0.2, 0.25) is 0 Å². The number of nitrogens with one attached hydrogen (secondary N) is 1. The van der Waals surface area contributed by atoms with Gasteiger partial charge < -0.3 is 15.2 Å². The molecule has 1 amide bonds. The first-order chi connectivity index (χ1) is 10.0. The fourth-order valence-electron chi connectivity index (χ4n) is 2.67. The van der Waals surface area contributed by atoms with E-state index in [0.717, 1.165) is 19.4 Å². The molecule has 1 aromatic rings. The zero-order valence-electron chi connectivity index (χ0n) is 12.4. The molecule has 2 rings (SSSR count). The van der Waals surface area contributed by atoms with Crippen LogP contribution in [0, 0.1) is 19.8 Å². The molecule has 5 nitrogen and oxygen atoms in total. The molecule has 0 bridgehead atoms. The van der Waals surface area contributed by atoms with E-state index in [4.69, 9.17) is 4.74 Å². The van der Waals surface area contributed by atoms with E-state index in [0.29, 0.717) is 30.2 Å². The molecule has 1 aliphatic heterocycles. The average Bonchev–Trinajstić information content (AvgIpc) is 2.47. The van der Waals surface area contributed by atoms with Crippen LogP contribution in [0.3, 0.4) is 0 Å². The smallest absolute Gasteiger partial charge is 0.336 e. The lowest BCUT2D eigenvalue weighted by Gasteiger charge is -2.22. The normalized spacial score (nSPS) is 18.3. The first-order valence-corrected chi connectivity index (χ1v) is 7.20. The highest BCUT2D eigenvalue weighted by Gasteiger charge is 2.22. The summed E-state index contributed by atoms with van der Waals surface area (Å²) in [6.45, 7) is 5.41. The molecule has 1 aromatic carbocycles. The number of hydrogen-bond donors (Lipinski definition) is 2. The van der Waals surface area contributed by atoms with Crippen molar-refractivity contribution in [2.75, 3.05) is 19.8 Å². The van der Waals surface area contributed by atoms with E-state index in [1.165, 1.54) is 0 Å². The van der Waals surface area contributed by atoms with Crippen molar-refractivity contribution in [1.29, 1.82) is 0 Å². The molecule has 114 valence electrons. The summed E-state index contributed by atoms with van der Waals surface area (Å²) in [5, 5.41) is 12.2. The molecule has 5 heteroatoms. The standard InChI is InChI=1S/C16H21NO4/c1-10-5-6-11(2)14(16(19)20)13(10)15(18)17-8-12-4-3-7-21-9-12/h5-6,12H,3-4,7-9H2,1-2H3,(H,17,18)(H,19,20).